The van der Waals surface area contributed by atoms with Gasteiger partial charge in [-0.2, -0.15) is 0 Å². The molecule has 10 heteroatoms. The second-order valence-corrected chi connectivity index (χ2v) is 9.26. The van der Waals surface area contributed by atoms with Crippen LogP contribution in [-0.2, 0) is 14.8 Å². The number of carboxylic acids is 1. The number of aromatic nitrogens is 1. The summed E-state index contributed by atoms with van der Waals surface area (Å²) in [6.07, 6.45) is 2.40. The predicted molar refractivity (Wildman–Crippen MR) is 118 cm³/mol. The second-order valence-electron chi connectivity index (χ2n) is 7.14. The number of rotatable bonds is 6. The third kappa shape index (κ3) is 4.64. The highest BCUT2D eigenvalue weighted by molar-refractivity contribution is 7.89. The molecule has 0 radical (unpaired) electrons. The number of aromatic carboxylic acids is 1. The molecule has 2 heterocycles. The fourth-order valence-corrected chi connectivity index (χ4v) is 5.09. The third-order valence-electron chi connectivity index (χ3n) is 5.05. The van der Waals surface area contributed by atoms with Gasteiger partial charge in [0, 0.05) is 35.9 Å². The van der Waals surface area contributed by atoms with Crippen LogP contribution in [-0.4, -0.2) is 43.7 Å². The monoisotopic (exact) mass is 461 g/mol. The summed E-state index contributed by atoms with van der Waals surface area (Å²) in [7, 11) is -3.97. The Hall–Kier alpha value is -2.72. The first kappa shape index (κ1) is 21.5. The van der Waals surface area contributed by atoms with Crippen LogP contribution in [0.1, 0.15) is 23.2 Å². The Labute approximate surface area is 184 Å². The highest BCUT2D eigenvalue weighted by atomic mass is 35.5. The normalized spacial score (nSPS) is 15.1. The Morgan fingerprint density at radius 3 is 2.65 bits per heavy atom. The molecule has 1 aliphatic heterocycles. The van der Waals surface area contributed by atoms with E-state index in [4.69, 9.17) is 16.3 Å². The number of ether oxygens (including phenoxy) is 1. The first-order valence-electron chi connectivity index (χ1n) is 9.63. The number of pyridine rings is 1. The SMILES string of the molecule is O=C(O)c1ccccc1Nc1c(S(=O)(=O)NC2CCOCC2)cnc2ccc(Cl)cc12. The van der Waals surface area contributed by atoms with Gasteiger partial charge in [0.1, 0.15) is 4.90 Å². The molecule has 1 saturated heterocycles. The topological polar surface area (TPSA) is 118 Å². The van der Waals surface area contributed by atoms with Crippen LogP contribution in [0.15, 0.2) is 53.6 Å². The fourth-order valence-electron chi connectivity index (χ4n) is 3.49. The van der Waals surface area contributed by atoms with Crippen LogP contribution in [0, 0.1) is 0 Å². The minimum Gasteiger partial charge on any atom is -0.478 e. The molecule has 162 valence electrons. The average Bonchev–Trinajstić information content (AvgIpc) is 2.74. The molecule has 1 aromatic heterocycles. The van der Waals surface area contributed by atoms with Gasteiger partial charge in [0.25, 0.3) is 0 Å². The van der Waals surface area contributed by atoms with Crippen LogP contribution >= 0.6 is 11.6 Å². The number of fused-ring (bicyclic) bond motifs is 1. The molecule has 0 spiro atoms. The van der Waals surface area contributed by atoms with E-state index in [-0.39, 0.29) is 27.9 Å². The van der Waals surface area contributed by atoms with Crippen molar-refractivity contribution >= 4 is 49.9 Å². The number of sulfonamides is 1. The van der Waals surface area contributed by atoms with Crippen molar-refractivity contribution in [1.82, 2.24) is 9.71 Å². The molecule has 0 bridgehead atoms. The summed E-state index contributed by atoms with van der Waals surface area (Å²) in [5, 5.41) is 13.4. The Balaban J connectivity index is 1.85. The number of carboxylic acid groups (broad SMARTS) is 1. The second kappa shape index (κ2) is 8.80. The van der Waals surface area contributed by atoms with E-state index < -0.39 is 16.0 Å². The van der Waals surface area contributed by atoms with Gasteiger partial charge in [0.15, 0.2) is 0 Å². The molecule has 0 unspecified atom stereocenters. The number of benzene rings is 2. The Bertz CT molecular complexity index is 1240. The largest absolute Gasteiger partial charge is 0.478 e. The maximum Gasteiger partial charge on any atom is 0.337 e. The number of halogens is 1. The quantitative estimate of drug-likeness (QED) is 0.511. The Morgan fingerprint density at radius 1 is 1.16 bits per heavy atom. The third-order valence-corrected chi connectivity index (χ3v) is 6.81. The van der Waals surface area contributed by atoms with E-state index >= 15 is 0 Å². The molecule has 0 amide bonds. The molecule has 0 aliphatic carbocycles. The fraction of sp³-hybridized carbons (Fsp3) is 0.238. The van der Waals surface area contributed by atoms with Crippen molar-refractivity contribution in [1.29, 1.82) is 0 Å². The summed E-state index contributed by atoms with van der Waals surface area (Å²) in [4.78, 5) is 15.9. The predicted octanol–water partition coefficient (Wildman–Crippen LogP) is 3.79. The van der Waals surface area contributed by atoms with Crippen LogP contribution in [0.25, 0.3) is 10.9 Å². The molecule has 0 atom stereocenters. The molecular weight excluding hydrogens is 442 g/mol. The number of hydrogen-bond donors (Lipinski definition) is 3. The van der Waals surface area contributed by atoms with Gasteiger partial charge in [-0.25, -0.2) is 17.9 Å². The zero-order valence-corrected chi connectivity index (χ0v) is 17.9. The molecule has 31 heavy (non-hydrogen) atoms. The Morgan fingerprint density at radius 2 is 1.90 bits per heavy atom. The lowest BCUT2D eigenvalue weighted by atomic mass is 10.1. The molecule has 1 fully saturated rings. The van der Waals surface area contributed by atoms with Gasteiger partial charge < -0.3 is 15.2 Å². The van der Waals surface area contributed by atoms with Crippen molar-refractivity contribution in [3.63, 3.8) is 0 Å². The zero-order valence-electron chi connectivity index (χ0n) is 16.3. The van der Waals surface area contributed by atoms with E-state index in [1.807, 2.05) is 0 Å². The first-order valence-corrected chi connectivity index (χ1v) is 11.5. The minimum atomic E-state index is -3.97. The standard InChI is InChI=1S/C21H20ClN3O5S/c22-13-5-6-17-16(11-13)20(24-18-4-2-1-3-15(18)21(26)27)19(12-23-17)31(28,29)25-14-7-9-30-10-8-14/h1-6,11-12,14,25H,7-10H2,(H,23,24)(H,26,27). The van der Waals surface area contributed by atoms with Gasteiger partial charge in [0.2, 0.25) is 10.0 Å². The van der Waals surface area contributed by atoms with Gasteiger partial charge in [-0.05, 0) is 43.2 Å². The lowest BCUT2D eigenvalue weighted by Gasteiger charge is -2.24. The number of nitrogens with one attached hydrogen (secondary N) is 2. The highest BCUT2D eigenvalue weighted by Gasteiger charge is 2.27. The van der Waals surface area contributed by atoms with Crippen molar-refractivity contribution in [2.45, 2.75) is 23.8 Å². The van der Waals surface area contributed by atoms with E-state index in [2.05, 4.69) is 15.0 Å². The van der Waals surface area contributed by atoms with Gasteiger partial charge in [0.05, 0.1) is 22.5 Å². The van der Waals surface area contributed by atoms with Gasteiger partial charge in [-0.3, -0.25) is 4.98 Å². The lowest BCUT2D eigenvalue weighted by Crippen LogP contribution is -2.39. The highest BCUT2D eigenvalue weighted by Crippen LogP contribution is 2.34. The molecule has 0 saturated carbocycles. The maximum absolute atomic E-state index is 13.3. The van der Waals surface area contributed by atoms with Gasteiger partial charge in [-0.1, -0.05) is 23.7 Å². The summed E-state index contributed by atoms with van der Waals surface area (Å²) >= 11 is 6.17. The van der Waals surface area contributed by atoms with Crippen LogP contribution in [0.2, 0.25) is 5.02 Å². The minimum absolute atomic E-state index is 0.00947. The summed E-state index contributed by atoms with van der Waals surface area (Å²) in [6, 6.07) is 10.9. The maximum atomic E-state index is 13.3. The van der Waals surface area contributed by atoms with Gasteiger partial charge in [-0.15, -0.1) is 0 Å². The van der Waals surface area contributed by atoms with Crippen molar-refractivity contribution < 1.29 is 23.1 Å². The number of para-hydroxylation sites is 1. The van der Waals surface area contributed by atoms with Crippen molar-refractivity contribution in [2.75, 3.05) is 18.5 Å². The summed E-state index contributed by atoms with van der Waals surface area (Å²) in [5.41, 5.74) is 0.991. The summed E-state index contributed by atoms with van der Waals surface area (Å²) < 4.78 is 34.6. The van der Waals surface area contributed by atoms with E-state index in [9.17, 15) is 18.3 Å². The van der Waals surface area contributed by atoms with E-state index in [1.54, 1.807) is 36.4 Å². The number of nitrogens with zero attached hydrogens (tertiary/aromatic N) is 1. The molecule has 1 aliphatic rings. The molecule has 3 aromatic rings. The molecule has 4 rings (SSSR count). The van der Waals surface area contributed by atoms with Crippen LogP contribution in [0.3, 0.4) is 0 Å². The van der Waals surface area contributed by atoms with Crippen LogP contribution in [0.5, 0.6) is 0 Å². The lowest BCUT2D eigenvalue weighted by molar-refractivity contribution is 0.0698. The van der Waals surface area contributed by atoms with E-state index in [1.165, 1.54) is 12.3 Å². The van der Waals surface area contributed by atoms with Crippen molar-refractivity contribution in [3.05, 3.63) is 59.2 Å². The van der Waals surface area contributed by atoms with Crippen LogP contribution < -0.4 is 10.0 Å². The number of hydrogen-bond acceptors (Lipinski definition) is 6. The van der Waals surface area contributed by atoms with E-state index in [0.717, 1.165) is 0 Å². The smallest absolute Gasteiger partial charge is 0.337 e. The Kier molecular flexibility index (Phi) is 6.10. The summed E-state index contributed by atoms with van der Waals surface area (Å²) in [6.45, 7) is 0.964. The first-order chi connectivity index (χ1) is 14.8. The zero-order chi connectivity index (χ0) is 22.0. The molecular formula is C21H20ClN3O5S. The van der Waals surface area contributed by atoms with Gasteiger partial charge >= 0.3 is 5.97 Å². The van der Waals surface area contributed by atoms with Crippen LogP contribution in [0.4, 0.5) is 11.4 Å². The molecule has 3 N–H and O–H groups in total. The van der Waals surface area contributed by atoms with Crippen molar-refractivity contribution in [3.8, 4) is 0 Å². The van der Waals surface area contributed by atoms with Crippen molar-refractivity contribution in [2.24, 2.45) is 0 Å². The van der Waals surface area contributed by atoms with E-state index in [0.29, 0.717) is 42.0 Å². The summed E-state index contributed by atoms with van der Waals surface area (Å²) in [5.74, 6) is -1.13. The number of carbonyl (C=O) groups is 1. The number of anilines is 2. The molecule has 8 nitrogen and oxygen atoms in total. The molecule has 2 aromatic carbocycles. The average molecular weight is 462 g/mol.